The fraction of sp³-hybridized carbons (Fsp3) is 0.308. The van der Waals surface area contributed by atoms with E-state index in [0.717, 1.165) is 83.6 Å². The molecule has 0 atom stereocenters. The molecule has 0 aliphatic carbocycles. The summed E-state index contributed by atoms with van der Waals surface area (Å²) in [5.41, 5.74) is 13.6. The lowest BCUT2D eigenvalue weighted by Crippen LogP contribution is -2.15. The van der Waals surface area contributed by atoms with E-state index in [1.165, 1.54) is 0 Å². The van der Waals surface area contributed by atoms with Gasteiger partial charge in [0.2, 0.25) is 0 Å². The number of hydrogen-bond acceptors (Lipinski definition) is 6. The highest BCUT2D eigenvalue weighted by atomic mass is 16.5. The Labute approximate surface area is 187 Å². The first-order valence-electron chi connectivity index (χ1n) is 11.2. The smallest absolute Gasteiger partial charge is 0.127 e. The van der Waals surface area contributed by atoms with Gasteiger partial charge in [0.05, 0.1) is 11.2 Å². The van der Waals surface area contributed by atoms with Crippen LogP contribution in [0.3, 0.4) is 0 Å². The molecule has 0 radical (unpaired) electrons. The number of anilines is 1. The molecule has 1 saturated heterocycles. The van der Waals surface area contributed by atoms with Crippen LogP contribution in [0.4, 0.5) is 5.82 Å². The number of nitrogen functional groups attached to an aromatic ring is 1. The zero-order chi connectivity index (χ0) is 21.9. The molecule has 6 nitrogen and oxygen atoms in total. The van der Waals surface area contributed by atoms with E-state index in [1.54, 1.807) is 6.33 Å². The van der Waals surface area contributed by atoms with E-state index in [9.17, 15) is 0 Å². The third-order valence-corrected chi connectivity index (χ3v) is 6.24. The molecule has 0 bridgehead atoms. The standard InChI is InChI=1S/C26H27N5O/c1-17-3-2-10-28-25(17)19-5-7-23-21(13-19)14-20(26(27)31-23)4-6-22-15-24(30-16-29-22)18-8-11-32-12-9-18/h2-3,5,7,10,13-16,18H,4,6,8-9,11-12H2,1H3,(H2,27,31). The molecule has 4 aromatic rings. The summed E-state index contributed by atoms with van der Waals surface area (Å²) < 4.78 is 5.48. The molecule has 1 aromatic carbocycles. The van der Waals surface area contributed by atoms with Gasteiger partial charge in [-0.3, -0.25) is 4.98 Å². The largest absolute Gasteiger partial charge is 0.383 e. The molecule has 0 spiro atoms. The predicted octanol–water partition coefficient (Wildman–Crippen LogP) is 4.66. The summed E-state index contributed by atoms with van der Waals surface area (Å²) >= 11 is 0. The van der Waals surface area contributed by atoms with Crippen LogP contribution in [-0.2, 0) is 17.6 Å². The van der Waals surface area contributed by atoms with Gasteiger partial charge >= 0.3 is 0 Å². The monoisotopic (exact) mass is 425 g/mol. The van der Waals surface area contributed by atoms with E-state index >= 15 is 0 Å². The molecule has 3 aromatic heterocycles. The van der Waals surface area contributed by atoms with Crippen molar-refractivity contribution in [2.24, 2.45) is 0 Å². The Morgan fingerprint density at radius 2 is 1.88 bits per heavy atom. The zero-order valence-electron chi connectivity index (χ0n) is 18.3. The topological polar surface area (TPSA) is 86.8 Å². The molecule has 0 unspecified atom stereocenters. The van der Waals surface area contributed by atoms with Gasteiger partial charge in [0.1, 0.15) is 12.1 Å². The summed E-state index contributed by atoms with van der Waals surface area (Å²) in [5, 5.41) is 1.07. The van der Waals surface area contributed by atoms with Crippen LogP contribution in [0.25, 0.3) is 22.2 Å². The van der Waals surface area contributed by atoms with E-state index in [4.69, 9.17) is 10.5 Å². The number of nitrogens with zero attached hydrogens (tertiary/aromatic N) is 4. The lowest BCUT2D eigenvalue weighted by atomic mass is 9.95. The normalized spacial score (nSPS) is 14.7. The molecule has 4 heterocycles. The first-order valence-corrected chi connectivity index (χ1v) is 11.2. The van der Waals surface area contributed by atoms with E-state index in [1.807, 2.05) is 18.3 Å². The summed E-state index contributed by atoms with van der Waals surface area (Å²) in [6.45, 7) is 3.70. The third kappa shape index (κ3) is 4.32. The average Bonchev–Trinajstić information content (AvgIpc) is 2.83. The first kappa shape index (κ1) is 20.5. The average molecular weight is 426 g/mol. The van der Waals surface area contributed by atoms with Crippen LogP contribution in [-0.4, -0.2) is 33.1 Å². The fourth-order valence-corrected chi connectivity index (χ4v) is 4.40. The molecule has 0 amide bonds. The van der Waals surface area contributed by atoms with E-state index in [2.05, 4.69) is 57.2 Å². The minimum Gasteiger partial charge on any atom is -0.383 e. The number of hydrogen-bond donors (Lipinski definition) is 1. The summed E-state index contributed by atoms with van der Waals surface area (Å²) in [6, 6.07) is 14.6. The van der Waals surface area contributed by atoms with Crippen molar-refractivity contribution in [2.45, 2.75) is 38.5 Å². The lowest BCUT2D eigenvalue weighted by Gasteiger charge is -2.21. The Balaban J connectivity index is 1.38. The summed E-state index contributed by atoms with van der Waals surface area (Å²) in [6.07, 6.45) is 7.15. The molecule has 6 heteroatoms. The summed E-state index contributed by atoms with van der Waals surface area (Å²) in [5.74, 6) is 1.05. The number of ether oxygens (including phenoxy) is 1. The van der Waals surface area contributed by atoms with Crippen molar-refractivity contribution in [3.63, 3.8) is 0 Å². The number of pyridine rings is 2. The van der Waals surface area contributed by atoms with Gasteiger partial charge in [-0.1, -0.05) is 12.1 Å². The van der Waals surface area contributed by atoms with Crippen LogP contribution in [0, 0.1) is 6.92 Å². The molecule has 2 N–H and O–H groups in total. The van der Waals surface area contributed by atoms with E-state index < -0.39 is 0 Å². The number of rotatable bonds is 5. The highest BCUT2D eigenvalue weighted by molar-refractivity contribution is 5.86. The third-order valence-electron chi connectivity index (χ3n) is 6.24. The SMILES string of the molecule is Cc1cccnc1-c1ccc2nc(N)c(CCc3cc(C4CCOCC4)ncn3)cc2c1. The predicted molar refractivity (Wildman–Crippen MR) is 126 cm³/mol. The Morgan fingerprint density at radius 3 is 2.72 bits per heavy atom. The number of aryl methyl sites for hydroxylation is 3. The minimum atomic E-state index is 0.464. The van der Waals surface area contributed by atoms with Crippen LogP contribution < -0.4 is 5.73 Å². The van der Waals surface area contributed by atoms with Gasteiger partial charge in [0.25, 0.3) is 0 Å². The molecule has 1 aliphatic rings. The van der Waals surface area contributed by atoms with Gasteiger partial charge in [-0.25, -0.2) is 15.0 Å². The van der Waals surface area contributed by atoms with Crippen LogP contribution in [0.5, 0.6) is 0 Å². The molecule has 162 valence electrons. The van der Waals surface area contributed by atoms with Crippen molar-refractivity contribution >= 4 is 16.7 Å². The second-order valence-electron chi connectivity index (χ2n) is 8.43. The molecule has 5 rings (SSSR count). The van der Waals surface area contributed by atoms with Gasteiger partial charge < -0.3 is 10.5 Å². The maximum atomic E-state index is 6.30. The van der Waals surface area contributed by atoms with Crippen molar-refractivity contribution in [1.82, 2.24) is 19.9 Å². The second kappa shape index (κ2) is 9.01. The van der Waals surface area contributed by atoms with Crippen LogP contribution >= 0.6 is 0 Å². The first-order chi connectivity index (χ1) is 15.7. The summed E-state index contributed by atoms with van der Waals surface area (Å²) in [7, 11) is 0. The Bertz CT molecular complexity index is 1250. The maximum absolute atomic E-state index is 6.30. The number of fused-ring (bicyclic) bond motifs is 1. The van der Waals surface area contributed by atoms with Gasteiger partial charge in [-0.05, 0) is 74.1 Å². The van der Waals surface area contributed by atoms with Gasteiger partial charge in [-0.2, -0.15) is 0 Å². The van der Waals surface area contributed by atoms with Crippen molar-refractivity contribution in [2.75, 3.05) is 18.9 Å². The number of aromatic nitrogens is 4. The minimum absolute atomic E-state index is 0.464. The second-order valence-corrected chi connectivity index (χ2v) is 8.43. The van der Waals surface area contributed by atoms with Crippen LogP contribution in [0.1, 0.15) is 41.3 Å². The molecular weight excluding hydrogens is 398 g/mol. The number of nitrogens with two attached hydrogens (primary N) is 1. The lowest BCUT2D eigenvalue weighted by molar-refractivity contribution is 0.0844. The zero-order valence-corrected chi connectivity index (χ0v) is 18.3. The van der Waals surface area contributed by atoms with Crippen molar-refractivity contribution < 1.29 is 4.74 Å². The quantitative estimate of drug-likeness (QED) is 0.501. The van der Waals surface area contributed by atoms with Crippen molar-refractivity contribution in [3.8, 4) is 11.3 Å². The molecule has 0 saturated carbocycles. The maximum Gasteiger partial charge on any atom is 0.127 e. The highest BCUT2D eigenvalue weighted by Crippen LogP contribution is 2.28. The number of benzene rings is 1. The Kier molecular flexibility index (Phi) is 5.77. The Morgan fingerprint density at radius 1 is 1.00 bits per heavy atom. The molecular formula is C26H27N5O. The van der Waals surface area contributed by atoms with Crippen LogP contribution in [0.2, 0.25) is 0 Å². The highest BCUT2D eigenvalue weighted by Gasteiger charge is 2.18. The molecule has 32 heavy (non-hydrogen) atoms. The van der Waals surface area contributed by atoms with Gasteiger partial charge in [0, 0.05) is 47.7 Å². The molecule has 1 fully saturated rings. The molecule has 1 aliphatic heterocycles. The van der Waals surface area contributed by atoms with E-state index in [-0.39, 0.29) is 0 Å². The Hall–Kier alpha value is -3.38. The van der Waals surface area contributed by atoms with Gasteiger partial charge in [-0.15, -0.1) is 0 Å². The van der Waals surface area contributed by atoms with Gasteiger partial charge in [0.15, 0.2) is 0 Å². The van der Waals surface area contributed by atoms with Crippen molar-refractivity contribution in [3.05, 3.63) is 77.5 Å². The fourth-order valence-electron chi connectivity index (χ4n) is 4.40. The van der Waals surface area contributed by atoms with Crippen LogP contribution in [0.15, 0.2) is 55.0 Å². The van der Waals surface area contributed by atoms with E-state index in [0.29, 0.717) is 11.7 Å². The van der Waals surface area contributed by atoms with Crippen molar-refractivity contribution in [1.29, 1.82) is 0 Å². The summed E-state index contributed by atoms with van der Waals surface area (Å²) in [4.78, 5) is 18.2.